The predicted molar refractivity (Wildman–Crippen MR) is 110 cm³/mol. The van der Waals surface area contributed by atoms with Gasteiger partial charge in [0.1, 0.15) is 16.1 Å². The van der Waals surface area contributed by atoms with E-state index in [-0.39, 0.29) is 9.79 Å². The largest absolute Gasteiger partial charge is 0.591 e. The molecule has 0 heterocycles. The minimum atomic E-state index is -1.80. The van der Waals surface area contributed by atoms with Crippen molar-refractivity contribution < 1.29 is 8.98 Å². The van der Waals surface area contributed by atoms with E-state index in [1.165, 1.54) is 29.9 Å². The first-order chi connectivity index (χ1) is 11.3. The van der Waals surface area contributed by atoms with Gasteiger partial charge in [-0.15, -0.1) is 0 Å². The third-order valence-corrected chi connectivity index (χ3v) is 12.5. The van der Waals surface area contributed by atoms with E-state index in [1.54, 1.807) is 0 Å². The molecule has 4 unspecified atom stereocenters. The average Bonchev–Trinajstić information content (AvgIpc) is 2.92. The molecule has 2 fully saturated rings. The maximum atomic E-state index is 12.5. The SMILES string of the molecule is CC(C)(C)[S+]([O-])N=C1CC2=C(O[Si](C)(C)C(C)(C)C)CC3CC1C2C3. The van der Waals surface area contributed by atoms with Crippen LogP contribution in [0.1, 0.15) is 67.2 Å². The molecule has 0 radical (unpaired) electrons. The summed E-state index contributed by atoms with van der Waals surface area (Å²) in [6, 6.07) is 0. The van der Waals surface area contributed by atoms with Crippen LogP contribution in [0.15, 0.2) is 15.7 Å². The van der Waals surface area contributed by atoms with E-state index in [1.807, 2.05) is 20.8 Å². The van der Waals surface area contributed by atoms with Crippen molar-refractivity contribution in [2.24, 2.45) is 22.2 Å². The summed E-state index contributed by atoms with van der Waals surface area (Å²) in [6.07, 6.45) is 4.50. The highest BCUT2D eigenvalue weighted by atomic mass is 32.2. The number of rotatable bonds is 3. The molecule has 3 rings (SSSR count). The van der Waals surface area contributed by atoms with E-state index in [4.69, 9.17) is 8.82 Å². The number of nitrogens with zero attached hydrogens (tertiary/aromatic N) is 1. The molecule has 2 saturated carbocycles. The topological polar surface area (TPSA) is 44.7 Å². The van der Waals surface area contributed by atoms with Crippen LogP contribution in [-0.2, 0) is 15.8 Å². The second-order valence-corrected chi connectivity index (χ2v) is 17.3. The van der Waals surface area contributed by atoms with Crippen LogP contribution < -0.4 is 0 Å². The lowest BCUT2D eigenvalue weighted by Crippen LogP contribution is -2.41. The summed E-state index contributed by atoms with van der Waals surface area (Å²) in [5.41, 5.74) is 2.68. The van der Waals surface area contributed by atoms with Gasteiger partial charge in [0.25, 0.3) is 0 Å². The summed E-state index contributed by atoms with van der Waals surface area (Å²) in [5, 5.41) is 0.222. The molecule has 0 aliphatic heterocycles. The summed E-state index contributed by atoms with van der Waals surface area (Å²) in [6.45, 7) is 17.6. The van der Waals surface area contributed by atoms with E-state index >= 15 is 0 Å². The fraction of sp³-hybridized carbons (Fsp3) is 0.850. The van der Waals surface area contributed by atoms with Crippen LogP contribution in [0.25, 0.3) is 0 Å². The van der Waals surface area contributed by atoms with Crippen LogP contribution in [0.5, 0.6) is 0 Å². The lowest BCUT2D eigenvalue weighted by Gasteiger charge is -2.39. The van der Waals surface area contributed by atoms with Crippen molar-refractivity contribution in [3.63, 3.8) is 0 Å². The molecule has 0 aromatic heterocycles. The molecule has 4 atom stereocenters. The molecule has 0 aromatic rings. The Balaban J connectivity index is 1.89. The number of fused-ring (bicyclic) bond motifs is 1. The highest BCUT2D eigenvalue weighted by Gasteiger charge is 2.51. The summed E-state index contributed by atoms with van der Waals surface area (Å²) in [7, 11) is -1.80. The second kappa shape index (κ2) is 6.13. The van der Waals surface area contributed by atoms with Gasteiger partial charge in [0.05, 0.1) is 11.5 Å². The number of hydrogen-bond acceptors (Lipinski definition) is 3. The Kier molecular flexibility index (Phi) is 4.78. The van der Waals surface area contributed by atoms with Crippen LogP contribution in [0, 0.1) is 17.8 Å². The zero-order valence-electron chi connectivity index (χ0n) is 17.2. The minimum Gasteiger partial charge on any atom is -0.591 e. The highest BCUT2D eigenvalue weighted by Crippen LogP contribution is 2.56. The number of allylic oxidation sites excluding steroid dienone is 2. The third-order valence-electron chi connectivity index (χ3n) is 6.65. The average molecular weight is 382 g/mol. The van der Waals surface area contributed by atoms with E-state index in [9.17, 15) is 4.55 Å². The molecular weight excluding hydrogens is 346 g/mol. The van der Waals surface area contributed by atoms with Crippen molar-refractivity contribution in [2.45, 2.75) is 90.1 Å². The fourth-order valence-electron chi connectivity index (χ4n) is 4.13. The van der Waals surface area contributed by atoms with Gasteiger partial charge in [-0.05, 0) is 69.2 Å². The molecule has 3 aliphatic carbocycles. The van der Waals surface area contributed by atoms with Crippen molar-refractivity contribution >= 4 is 25.4 Å². The van der Waals surface area contributed by atoms with Crippen LogP contribution >= 0.6 is 0 Å². The fourth-order valence-corrected chi connectivity index (χ4v) is 5.95. The van der Waals surface area contributed by atoms with Crippen molar-refractivity contribution in [3.8, 4) is 0 Å². The maximum absolute atomic E-state index is 12.5. The minimum absolute atomic E-state index is 0.222. The lowest BCUT2D eigenvalue weighted by atomic mass is 9.88. The van der Waals surface area contributed by atoms with Gasteiger partial charge in [-0.1, -0.05) is 25.2 Å². The molecule has 142 valence electrons. The van der Waals surface area contributed by atoms with Gasteiger partial charge in [0.2, 0.25) is 8.32 Å². The maximum Gasteiger partial charge on any atom is 0.250 e. The zero-order chi connectivity index (χ0) is 18.8. The van der Waals surface area contributed by atoms with E-state index in [0.717, 1.165) is 18.8 Å². The Morgan fingerprint density at radius 3 is 2.24 bits per heavy atom. The molecule has 0 amide bonds. The summed E-state index contributed by atoms with van der Waals surface area (Å²) >= 11 is -1.15. The van der Waals surface area contributed by atoms with Crippen LogP contribution in [0.3, 0.4) is 0 Å². The molecule has 5 heteroatoms. The van der Waals surface area contributed by atoms with Gasteiger partial charge in [0.15, 0.2) is 0 Å². The standard InChI is InChI=1S/C20H35NO2SSi/c1-19(2,3)24(22)21-17-12-16-14-9-13(10-15(14)17)11-18(16)23-25(7,8)20(4,5)6/h13-15H,9-12H2,1-8H3. The predicted octanol–water partition coefficient (Wildman–Crippen LogP) is 5.62. The first kappa shape index (κ1) is 19.5. The highest BCUT2D eigenvalue weighted by molar-refractivity contribution is 7.91. The third kappa shape index (κ3) is 3.61. The van der Waals surface area contributed by atoms with Crippen molar-refractivity contribution in [2.75, 3.05) is 0 Å². The Labute approximate surface area is 158 Å². The van der Waals surface area contributed by atoms with E-state index in [0.29, 0.717) is 11.8 Å². The molecule has 25 heavy (non-hydrogen) atoms. The summed E-state index contributed by atoms with van der Waals surface area (Å²) < 4.78 is 23.7. The smallest absolute Gasteiger partial charge is 0.250 e. The molecule has 0 aromatic carbocycles. The Hall–Kier alpha value is -0.263. The second-order valence-electron chi connectivity index (χ2n) is 10.7. The molecule has 3 aliphatic rings. The molecule has 0 spiro atoms. The van der Waals surface area contributed by atoms with Crippen LogP contribution in [-0.4, -0.2) is 23.3 Å². The molecule has 2 bridgehead atoms. The quantitative estimate of drug-likeness (QED) is 0.471. The number of hydrogen-bond donors (Lipinski definition) is 0. The summed E-state index contributed by atoms with van der Waals surface area (Å²) in [4.78, 5) is 0. The summed E-state index contributed by atoms with van der Waals surface area (Å²) in [5.74, 6) is 3.13. The zero-order valence-corrected chi connectivity index (χ0v) is 19.0. The van der Waals surface area contributed by atoms with Gasteiger partial charge in [-0.3, -0.25) is 0 Å². The van der Waals surface area contributed by atoms with E-state index < -0.39 is 19.7 Å². The molecule has 0 saturated heterocycles. The van der Waals surface area contributed by atoms with Gasteiger partial charge < -0.3 is 8.98 Å². The van der Waals surface area contributed by atoms with Gasteiger partial charge >= 0.3 is 0 Å². The Morgan fingerprint density at radius 2 is 1.68 bits per heavy atom. The lowest BCUT2D eigenvalue weighted by molar-refractivity contribution is 0.310. The van der Waals surface area contributed by atoms with Gasteiger partial charge in [-0.25, -0.2) is 0 Å². The first-order valence-electron chi connectivity index (χ1n) is 9.70. The van der Waals surface area contributed by atoms with Crippen LogP contribution in [0.2, 0.25) is 18.1 Å². The van der Waals surface area contributed by atoms with Crippen molar-refractivity contribution in [1.29, 1.82) is 0 Å². The van der Waals surface area contributed by atoms with Crippen molar-refractivity contribution in [1.82, 2.24) is 0 Å². The first-order valence-corrected chi connectivity index (χ1v) is 13.7. The molecule has 3 nitrogen and oxygen atoms in total. The van der Waals surface area contributed by atoms with E-state index in [2.05, 4.69) is 33.9 Å². The normalized spacial score (nSPS) is 32.5. The monoisotopic (exact) mass is 381 g/mol. The van der Waals surface area contributed by atoms with Gasteiger partial charge in [0, 0.05) is 18.8 Å². The van der Waals surface area contributed by atoms with Gasteiger partial charge in [-0.2, -0.15) is 0 Å². The Bertz CT molecular complexity index is 612. The van der Waals surface area contributed by atoms with Crippen molar-refractivity contribution in [3.05, 3.63) is 11.3 Å². The van der Waals surface area contributed by atoms with Crippen LogP contribution in [0.4, 0.5) is 0 Å². The Morgan fingerprint density at radius 1 is 1.08 bits per heavy atom. The molecular formula is C20H35NO2SSi. The molecule has 0 N–H and O–H groups in total.